The van der Waals surface area contributed by atoms with E-state index in [1.54, 1.807) is 0 Å². The van der Waals surface area contributed by atoms with Gasteiger partial charge in [0.2, 0.25) is 0 Å². The number of hydrogen-bond acceptors (Lipinski definition) is 2. The largest absolute Gasteiger partial charge is 0.372 e. The molecule has 3 heteroatoms. The Bertz CT molecular complexity index is 123. The molecule has 0 saturated heterocycles. The zero-order chi connectivity index (χ0) is 7.23. The maximum Gasteiger partial charge on any atom is 0.0964 e. The maximum absolute atomic E-state index is 4.31. The summed E-state index contributed by atoms with van der Waals surface area (Å²) in [6.45, 7) is 4.27. The molecular formula is C8H17ClN2. The third kappa shape index (κ3) is 4.25. The van der Waals surface area contributed by atoms with Crippen molar-refractivity contribution < 1.29 is 0 Å². The van der Waals surface area contributed by atoms with Gasteiger partial charge in [0.15, 0.2) is 0 Å². The lowest BCUT2D eigenvalue weighted by molar-refractivity contribution is 0.735. The SMILES string of the molecule is CCCCCC1=NCCN1.Cl. The van der Waals surface area contributed by atoms with Crippen LogP contribution < -0.4 is 5.32 Å². The van der Waals surface area contributed by atoms with Crippen LogP contribution in [0.4, 0.5) is 0 Å². The van der Waals surface area contributed by atoms with Gasteiger partial charge in [0.25, 0.3) is 0 Å². The Morgan fingerprint density at radius 3 is 2.82 bits per heavy atom. The maximum atomic E-state index is 4.31. The lowest BCUT2D eigenvalue weighted by Crippen LogP contribution is -2.17. The number of nitrogens with one attached hydrogen (secondary N) is 1. The molecule has 1 aliphatic rings. The van der Waals surface area contributed by atoms with Gasteiger partial charge in [-0.15, -0.1) is 12.4 Å². The standard InChI is InChI=1S/C8H16N2.ClH/c1-2-3-4-5-8-9-6-7-10-8;/h2-7H2,1H3,(H,9,10);1H. The normalized spacial score (nSPS) is 15.2. The van der Waals surface area contributed by atoms with Crippen molar-refractivity contribution in [1.29, 1.82) is 0 Å². The van der Waals surface area contributed by atoms with Crippen LogP contribution in [0.15, 0.2) is 4.99 Å². The van der Waals surface area contributed by atoms with E-state index in [-0.39, 0.29) is 12.4 Å². The lowest BCUT2D eigenvalue weighted by Gasteiger charge is -1.99. The van der Waals surface area contributed by atoms with E-state index in [4.69, 9.17) is 0 Å². The molecule has 1 aliphatic heterocycles. The van der Waals surface area contributed by atoms with Crippen LogP contribution in [0.5, 0.6) is 0 Å². The average Bonchev–Trinajstić information content (AvgIpc) is 2.41. The molecule has 1 rings (SSSR count). The fourth-order valence-electron chi connectivity index (χ4n) is 1.16. The van der Waals surface area contributed by atoms with Crippen LogP contribution in [0.2, 0.25) is 0 Å². The van der Waals surface area contributed by atoms with Crippen LogP contribution >= 0.6 is 12.4 Å². The van der Waals surface area contributed by atoms with Crippen LogP contribution in [0.25, 0.3) is 0 Å². The number of hydrogen-bond donors (Lipinski definition) is 1. The number of unbranched alkanes of at least 4 members (excludes halogenated alkanes) is 2. The van der Waals surface area contributed by atoms with Gasteiger partial charge in [-0.1, -0.05) is 19.8 Å². The molecule has 0 aromatic rings. The molecule has 0 aromatic carbocycles. The summed E-state index contributed by atoms with van der Waals surface area (Å²) >= 11 is 0. The highest BCUT2D eigenvalue weighted by Gasteiger charge is 2.02. The summed E-state index contributed by atoms with van der Waals surface area (Å²) in [6, 6.07) is 0. The first-order chi connectivity index (χ1) is 4.93. The van der Waals surface area contributed by atoms with Gasteiger partial charge < -0.3 is 5.32 Å². The van der Waals surface area contributed by atoms with Gasteiger partial charge in [-0.3, -0.25) is 4.99 Å². The first kappa shape index (κ1) is 10.8. The van der Waals surface area contributed by atoms with E-state index in [1.807, 2.05) is 0 Å². The van der Waals surface area contributed by atoms with Gasteiger partial charge in [-0.05, 0) is 6.42 Å². The van der Waals surface area contributed by atoms with Crippen LogP contribution in [0.3, 0.4) is 0 Å². The summed E-state index contributed by atoms with van der Waals surface area (Å²) in [5.74, 6) is 1.23. The molecule has 0 saturated carbocycles. The topological polar surface area (TPSA) is 24.4 Å². The van der Waals surface area contributed by atoms with Crippen molar-refractivity contribution in [2.75, 3.05) is 13.1 Å². The first-order valence-electron chi connectivity index (χ1n) is 4.20. The van der Waals surface area contributed by atoms with Crippen molar-refractivity contribution in [2.45, 2.75) is 32.6 Å². The van der Waals surface area contributed by atoms with Crippen molar-refractivity contribution in [3.8, 4) is 0 Å². The summed E-state index contributed by atoms with van der Waals surface area (Å²) in [7, 11) is 0. The second kappa shape index (κ2) is 6.47. The van der Waals surface area contributed by atoms with Gasteiger partial charge >= 0.3 is 0 Å². The van der Waals surface area contributed by atoms with E-state index in [1.165, 1.54) is 25.1 Å². The summed E-state index contributed by atoms with van der Waals surface area (Å²) in [5.41, 5.74) is 0. The van der Waals surface area contributed by atoms with E-state index >= 15 is 0 Å². The van der Waals surface area contributed by atoms with Crippen LogP contribution in [0, 0.1) is 0 Å². The van der Waals surface area contributed by atoms with Crippen molar-refractivity contribution in [1.82, 2.24) is 5.32 Å². The number of amidine groups is 1. The second-order valence-electron chi connectivity index (χ2n) is 2.71. The van der Waals surface area contributed by atoms with Crippen molar-refractivity contribution in [3.63, 3.8) is 0 Å². The molecular weight excluding hydrogens is 160 g/mol. The molecule has 1 heterocycles. The third-order valence-electron chi connectivity index (χ3n) is 1.76. The predicted octanol–water partition coefficient (Wildman–Crippen LogP) is 1.99. The molecule has 0 fully saturated rings. The molecule has 66 valence electrons. The highest BCUT2D eigenvalue weighted by Crippen LogP contribution is 2.01. The Hall–Kier alpha value is -0.240. The Kier molecular flexibility index (Phi) is 6.33. The number of rotatable bonds is 4. The van der Waals surface area contributed by atoms with Crippen molar-refractivity contribution >= 4 is 18.2 Å². The Morgan fingerprint density at radius 1 is 1.45 bits per heavy atom. The summed E-state index contributed by atoms with van der Waals surface area (Å²) in [5, 5.41) is 3.27. The molecule has 11 heavy (non-hydrogen) atoms. The Balaban J connectivity index is 0.000001000. The van der Waals surface area contributed by atoms with E-state index in [0.717, 1.165) is 19.5 Å². The van der Waals surface area contributed by atoms with Gasteiger partial charge in [0.05, 0.1) is 12.4 Å². The molecule has 0 amide bonds. The minimum absolute atomic E-state index is 0. The van der Waals surface area contributed by atoms with Gasteiger partial charge in [-0.25, -0.2) is 0 Å². The molecule has 0 atom stereocenters. The number of halogens is 1. The number of nitrogens with zero attached hydrogens (tertiary/aromatic N) is 1. The molecule has 0 unspecified atom stereocenters. The van der Waals surface area contributed by atoms with E-state index in [0.29, 0.717) is 0 Å². The van der Waals surface area contributed by atoms with Gasteiger partial charge in [0.1, 0.15) is 0 Å². The van der Waals surface area contributed by atoms with Gasteiger partial charge in [0, 0.05) is 13.0 Å². The monoisotopic (exact) mass is 176 g/mol. The summed E-state index contributed by atoms with van der Waals surface area (Å²) in [4.78, 5) is 4.31. The minimum Gasteiger partial charge on any atom is -0.372 e. The zero-order valence-corrected chi connectivity index (χ0v) is 7.91. The first-order valence-corrected chi connectivity index (χ1v) is 4.20. The quantitative estimate of drug-likeness (QED) is 0.651. The Labute approximate surface area is 74.9 Å². The average molecular weight is 177 g/mol. The molecule has 0 radical (unpaired) electrons. The highest BCUT2D eigenvalue weighted by molar-refractivity contribution is 5.85. The third-order valence-corrected chi connectivity index (χ3v) is 1.76. The van der Waals surface area contributed by atoms with Crippen LogP contribution in [0.1, 0.15) is 32.6 Å². The van der Waals surface area contributed by atoms with Crippen LogP contribution in [-0.4, -0.2) is 18.9 Å². The molecule has 2 nitrogen and oxygen atoms in total. The fourth-order valence-corrected chi connectivity index (χ4v) is 1.16. The molecule has 1 N–H and O–H groups in total. The summed E-state index contributed by atoms with van der Waals surface area (Å²) in [6.07, 6.45) is 5.09. The van der Waals surface area contributed by atoms with Crippen molar-refractivity contribution in [3.05, 3.63) is 0 Å². The van der Waals surface area contributed by atoms with Crippen molar-refractivity contribution in [2.24, 2.45) is 4.99 Å². The van der Waals surface area contributed by atoms with Crippen LogP contribution in [-0.2, 0) is 0 Å². The Morgan fingerprint density at radius 2 is 2.27 bits per heavy atom. The minimum atomic E-state index is 0. The lowest BCUT2D eigenvalue weighted by atomic mass is 10.2. The molecule has 0 bridgehead atoms. The van der Waals surface area contributed by atoms with E-state index < -0.39 is 0 Å². The predicted molar refractivity (Wildman–Crippen MR) is 51.7 cm³/mol. The second-order valence-corrected chi connectivity index (χ2v) is 2.71. The molecule has 0 spiro atoms. The van der Waals surface area contributed by atoms with E-state index in [2.05, 4.69) is 17.2 Å². The smallest absolute Gasteiger partial charge is 0.0964 e. The van der Waals surface area contributed by atoms with Gasteiger partial charge in [-0.2, -0.15) is 0 Å². The molecule has 0 aromatic heterocycles. The molecule has 0 aliphatic carbocycles. The number of aliphatic imine (C=N–C) groups is 1. The van der Waals surface area contributed by atoms with E-state index in [9.17, 15) is 0 Å². The zero-order valence-electron chi connectivity index (χ0n) is 7.10. The summed E-state index contributed by atoms with van der Waals surface area (Å²) < 4.78 is 0. The fraction of sp³-hybridized carbons (Fsp3) is 0.875. The highest BCUT2D eigenvalue weighted by atomic mass is 35.5.